The van der Waals surface area contributed by atoms with Crippen LogP contribution in [0.1, 0.15) is 21.5 Å². The molecule has 3 aromatic carbocycles. The summed E-state index contributed by atoms with van der Waals surface area (Å²) in [6.45, 7) is 0.986. The lowest BCUT2D eigenvalue weighted by Gasteiger charge is -2.08. The molecule has 1 N–H and O–H groups in total. The Kier molecular flexibility index (Phi) is 6.11. The van der Waals surface area contributed by atoms with Crippen molar-refractivity contribution in [3.05, 3.63) is 113 Å². The number of nitrogens with one attached hydrogen (secondary N) is 1. The zero-order valence-electron chi connectivity index (χ0n) is 16.2. The van der Waals surface area contributed by atoms with E-state index in [1.165, 1.54) is 0 Å². The van der Waals surface area contributed by atoms with Gasteiger partial charge in [-0.25, -0.2) is 0 Å². The van der Waals surface area contributed by atoms with E-state index in [4.69, 9.17) is 16.3 Å². The van der Waals surface area contributed by atoms with Crippen LogP contribution in [0.2, 0.25) is 5.02 Å². The van der Waals surface area contributed by atoms with E-state index in [0.29, 0.717) is 35.3 Å². The van der Waals surface area contributed by atoms with E-state index >= 15 is 0 Å². The summed E-state index contributed by atoms with van der Waals surface area (Å²) in [6.07, 6.45) is 1.85. The van der Waals surface area contributed by atoms with E-state index in [1.54, 1.807) is 35.0 Å². The highest BCUT2D eigenvalue weighted by Gasteiger charge is 2.09. The Morgan fingerprint density at radius 2 is 1.73 bits per heavy atom. The summed E-state index contributed by atoms with van der Waals surface area (Å²) in [4.78, 5) is 12.6. The third kappa shape index (κ3) is 5.27. The van der Waals surface area contributed by atoms with Gasteiger partial charge in [0.05, 0.1) is 6.54 Å². The number of rotatable bonds is 7. The monoisotopic (exact) mass is 417 g/mol. The van der Waals surface area contributed by atoms with Gasteiger partial charge in [0.2, 0.25) is 0 Å². The maximum absolute atomic E-state index is 12.6. The first-order valence-electron chi connectivity index (χ1n) is 9.52. The number of carbonyl (C=O) groups excluding carboxylic acids is 1. The standard InChI is InChI=1S/C24H20ClN3O2/c25-21-10-5-11-22(15-21)30-17-19-8-4-9-20(14-19)24(29)26-23-12-13-28(27-23)16-18-6-2-1-3-7-18/h1-15H,16-17H2,(H,26,27,29). The number of benzene rings is 3. The van der Waals surface area contributed by atoms with Gasteiger partial charge >= 0.3 is 0 Å². The molecule has 0 bridgehead atoms. The van der Waals surface area contributed by atoms with E-state index in [-0.39, 0.29) is 5.91 Å². The van der Waals surface area contributed by atoms with Crippen LogP contribution < -0.4 is 10.1 Å². The van der Waals surface area contributed by atoms with Crippen molar-refractivity contribution in [3.8, 4) is 5.75 Å². The zero-order valence-corrected chi connectivity index (χ0v) is 16.9. The Balaban J connectivity index is 1.37. The van der Waals surface area contributed by atoms with E-state index in [1.807, 2.05) is 60.8 Å². The van der Waals surface area contributed by atoms with Crippen LogP contribution in [0.5, 0.6) is 5.75 Å². The molecule has 0 saturated carbocycles. The third-order valence-electron chi connectivity index (χ3n) is 4.46. The van der Waals surface area contributed by atoms with Crippen molar-refractivity contribution in [1.29, 1.82) is 0 Å². The highest BCUT2D eigenvalue weighted by molar-refractivity contribution is 6.30. The maximum Gasteiger partial charge on any atom is 0.256 e. The molecule has 0 radical (unpaired) electrons. The number of nitrogens with zero attached hydrogens (tertiary/aromatic N) is 2. The molecule has 0 atom stereocenters. The fourth-order valence-electron chi connectivity index (χ4n) is 3.00. The molecule has 0 aliphatic rings. The summed E-state index contributed by atoms with van der Waals surface area (Å²) < 4.78 is 7.55. The average Bonchev–Trinajstić information content (AvgIpc) is 3.20. The summed E-state index contributed by atoms with van der Waals surface area (Å²) in [7, 11) is 0. The molecule has 150 valence electrons. The van der Waals surface area contributed by atoms with Crippen LogP contribution in [0.4, 0.5) is 5.82 Å². The Labute approximate surface area is 179 Å². The van der Waals surface area contributed by atoms with Crippen molar-refractivity contribution in [2.24, 2.45) is 0 Å². The second-order valence-electron chi connectivity index (χ2n) is 6.78. The fourth-order valence-corrected chi connectivity index (χ4v) is 3.18. The van der Waals surface area contributed by atoms with Gasteiger partial charge in [-0.05, 0) is 41.5 Å². The predicted molar refractivity (Wildman–Crippen MR) is 118 cm³/mol. The molecular weight excluding hydrogens is 398 g/mol. The number of amides is 1. The van der Waals surface area contributed by atoms with E-state index in [9.17, 15) is 4.79 Å². The summed E-state index contributed by atoms with van der Waals surface area (Å²) in [5, 5.41) is 7.89. The van der Waals surface area contributed by atoms with Gasteiger partial charge in [0.15, 0.2) is 5.82 Å². The predicted octanol–water partition coefficient (Wildman–Crippen LogP) is 5.42. The van der Waals surface area contributed by atoms with Crippen molar-refractivity contribution in [1.82, 2.24) is 9.78 Å². The molecule has 5 nitrogen and oxygen atoms in total. The fraction of sp³-hybridized carbons (Fsp3) is 0.0833. The van der Waals surface area contributed by atoms with Gasteiger partial charge in [-0.3, -0.25) is 9.48 Å². The van der Waals surface area contributed by atoms with Crippen LogP contribution in [0, 0.1) is 0 Å². The van der Waals surface area contributed by atoms with Crippen molar-refractivity contribution in [2.75, 3.05) is 5.32 Å². The lowest BCUT2D eigenvalue weighted by atomic mass is 10.1. The van der Waals surface area contributed by atoms with Crippen molar-refractivity contribution >= 4 is 23.3 Å². The molecule has 0 saturated heterocycles. The summed E-state index contributed by atoms with van der Waals surface area (Å²) in [5.74, 6) is 0.974. The molecule has 4 aromatic rings. The minimum Gasteiger partial charge on any atom is -0.489 e. The van der Waals surface area contributed by atoms with Gasteiger partial charge in [-0.1, -0.05) is 60.1 Å². The lowest BCUT2D eigenvalue weighted by molar-refractivity contribution is 0.102. The molecule has 1 amide bonds. The second-order valence-corrected chi connectivity index (χ2v) is 7.22. The van der Waals surface area contributed by atoms with Crippen LogP contribution in [0.3, 0.4) is 0 Å². The van der Waals surface area contributed by atoms with Crippen LogP contribution in [0.15, 0.2) is 91.1 Å². The first-order chi connectivity index (χ1) is 14.7. The number of aromatic nitrogens is 2. The van der Waals surface area contributed by atoms with E-state index in [0.717, 1.165) is 11.1 Å². The topological polar surface area (TPSA) is 56.2 Å². The summed E-state index contributed by atoms with van der Waals surface area (Å²) in [5.41, 5.74) is 2.57. The quantitative estimate of drug-likeness (QED) is 0.437. The molecule has 30 heavy (non-hydrogen) atoms. The highest BCUT2D eigenvalue weighted by Crippen LogP contribution is 2.19. The number of ether oxygens (including phenoxy) is 1. The number of carbonyl (C=O) groups is 1. The van der Waals surface area contributed by atoms with Gasteiger partial charge in [0.1, 0.15) is 12.4 Å². The van der Waals surface area contributed by atoms with E-state index in [2.05, 4.69) is 10.4 Å². The van der Waals surface area contributed by atoms with Crippen molar-refractivity contribution < 1.29 is 9.53 Å². The van der Waals surface area contributed by atoms with Crippen LogP contribution >= 0.6 is 11.6 Å². The number of hydrogen-bond acceptors (Lipinski definition) is 3. The Morgan fingerprint density at radius 1 is 0.933 bits per heavy atom. The van der Waals surface area contributed by atoms with Gasteiger partial charge in [-0.15, -0.1) is 0 Å². The van der Waals surface area contributed by atoms with Crippen molar-refractivity contribution in [3.63, 3.8) is 0 Å². The minimum atomic E-state index is -0.218. The molecule has 0 unspecified atom stereocenters. The Bertz CT molecular complexity index is 1140. The molecule has 0 spiro atoms. The first-order valence-corrected chi connectivity index (χ1v) is 9.89. The maximum atomic E-state index is 12.6. The molecule has 0 aliphatic heterocycles. The largest absolute Gasteiger partial charge is 0.489 e. The molecule has 1 heterocycles. The number of anilines is 1. The van der Waals surface area contributed by atoms with Crippen LogP contribution in [-0.4, -0.2) is 15.7 Å². The van der Waals surface area contributed by atoms with Gasteiger partial charge in [0, 0.05) is 22.8 Å². The summed E-state index contributed by atoms with van der Waals surface area (Å²) in [6, 6.07) is 26.4. The highest BCUT2D eigenvalue weighted by atomic mass is 35.5. The molecule has 0 fully saturated rings. The molecule has 1 aromatic heterocycles. The third-order valence-corrected chi connectivity index (χ3v) is 4.70. The average molecular weight is 418 g/mol. The number of hydrogen-bond donors (Lipinski definition) is 1. The molecule has 4 rings (SSSR count). The molecule has 6 heteroatoms. The zero-order chi connectivity index (χ0) is 20.8. The summed E-state index contributed by atoms with van der Waals surface area (Å²) >= 11 is 5.98. The van der Waals surface area contributed by atoms with Crippen molar-refractivity contribution in [2.45, 2.75) is 13.2 Å². The van der Waals surface area contributed by atoms with Gasteiger partial charge < -0.3 is 10.1 Å². The number of halogens is 1. The molecular formula is C24H20ClN3O2. The Morgan fingerprint density at radius 3 is 2.57 bits per heavy atom. The first kappa shape index (κ1) is 19.7. The SMILES string of the molecule is O=C(Nc1ccn(Cc2ccccc2)n1)c1cccc(COc2cccc(Cl)c2)c1. The smallest absolute Gasteiger partial charge is 0.256 e. The van der Waals surface area contributed by atoms with Crippen LogP contribution in [-0.2, 0) is 13.2 Å². The second kappa shape index (κ2) is 9.29. The van der Waals surface area contributed by atoms with Gasteiger partial charge in [-0.2, -0.15) is 5.10 Å². The van der Waals surface area contributed by atoms with Crippen LogP contribution in [0.25, 0.3) is 0 Å². The minimum absolute atomic E-state index is 0.218. The normalized spacial score (nSPS) is 10.6. The molecule has 0 aliphatic carbocycles. The van der Waals surface area contributed by atoms with E-state index < -0.39 is 0 Å². The van der Waals surface area contributed by atoms with Gasteiger partial charge in [0.25, 0.3) is 5.91 Å². The Hall–Kier alpha value is -3.57. The lowest BCUT2D eigenvalue weighted by Crippen LogP contribution is -2.13.